The number of carboxylic acid groups (broad SMARTS) is 1. The molecule has 1 rings (SSSR count). The van der Waals surface area contributed by atoms with Gasteiger partial charge < -0.3 is 15.6 Å². The molecule has 4 nitrogen and oxygen atoms in total. The minimum absolute atomic E-state index is 0.540. The van der Waals surface area contributed by atoms with Crippen molar-refractivity contribution >= 4 is 17.7 Å². The Kier molecular flexibility index (Phi) is 5.58. The first-order valence-corrected chi connectivity index (χ1v) is 6.79. The van der Waals surface area contributed by atoms with Crippen molar-refractivity contribution in [1.82, 2.24) is 0 Å². The smallest absolute Gasteiger partial charge is 0.323 e. The van der Waals surface area contributed by atoms with Crippen molar-refractivity contribution in [3.8, 4) is 0 Å². The molecule has 0 aromatic carbocycles. The third-order valence-electron chi connectivity index (χ3n) is 2.85. The van der Waals surface area contributed by atoms with Crippen molar-refractivity contribution in [3.05, 3.63) is 0 Å². The zero-order valence-electron chi connectivity index (χ0n) is 9.78. The van der Waals surface area contributed by atoms with Crippen LogP contribution < -0.4 is 5.73 Å². The van der Waals surface area contributed by atoms with E-state index in [4.69, 9.17) is 15.6 Å². The highest BCUT2D eigenvalue weighted by Gasteiger charge is 2.27. The lowest BCUT2D eigenvalue weighted by atomic mass is 9.98. The number of ether oxygens (including phenoxy) is 1. The number of carbonyl (C=O) groups is 1. The fraction of sp³-hybridized carbons (Fsp3) is 0.909. The molecule has 1 saturated heterocycles. The van der Waals surface area contributed by atoms with Gasteiger partial charge in [-0.25, -0.2) is 0 Å². The van der Waals surface area contributed by atoms with Crippen LogP contribution in [0.2, 0.25) is 0 Å². The Morgan fingerprint density at radius 2 is 2.19 bits per heavy atom. The van der Waals surface area contributed by atoms with Gasteiger partial charge in [-0.2, -0.15) is 11.8 Å². The maximum atomic E-state index is 10.8. The van der Waals surface area contributed by atoms with E-state index in [1.807, 2.05) is 11.8 Å². The van der Waals surface area contributed by atoms with Gasteiger partial charge in [-0.15, -0.1) is 0 Å². The van der Waals surface area contributed by atoms with Gasteiger partial charge in [-0.1, -0.05) is 0 Å². The van der Waals surface area contributed by atoms with E-state index in [1.165, 1.54) is 0 Å². The molecule has 1 aliphatic heterocycles. The van der Waals surface area contributed by atoms with E-state index in [0.717, 1.165) is 38.2 Å². The second-order valence-corrected chi connectivity index (χ2v) is 5.92. The number of hydrogen-bond acceptors (Lipinski definition) is 4. The van der Waals surface area contributed by atoms with Crippen LogP contribution in [0.25, 0.3) is 0 Å². The Hall–Kier alpha value is -0.260. The molecular weight excluding hydrogens is 226 g/mol. The van der Waals surface area contributed by atoms with Crippen LogP contribution in [0.15, 0.2) is 0 Å². The normalized spacial score (nSPS) is 21.6. The number of hydrogen-bond donors (Lipinski definition) is 2. The zero-order chi connectivity index (χ0) is 12.0. The van der Waals surface area contributed by atoms with E-state index in [2.05, 4.69) is 0 Å². The zero-order valence-corrected chi connectivity index (χ0v) is 10.6. The topological polar surface area (TPSA) is 72.5 Å². The highest BCUT2D eigenvalue weighted by molar-refractivity contribution is 7.99. The minimum atomic E-state index is -1.07. The molecule has 1 atom stereocenters. The van der Waals surface area contributed by atoms with Crippen LogP contribution in [0.1, 0.15) is 32.6 Å². The Bertz CT molecular complexity index is 227. The van der Waals surface area contributed by atoms with E-state index in [1.54, 1.807) is 6.92 Å². The monoisotopic (exact) mass is 247 g/mol. The van der Waals surface area contributed by atoms with Crippen LogP contribution >= 0.6 is 11.8 Å². The molecule has 94 valence electrons. The van der Waals surface area contributed by atoms with Crippen LogP contribution in [0.4, 0.5) is 0 Å². The molecule has 0 spiro atoms. The van der Waals surface area contributed by atoms with Crippen molar-refractivity contribution in [1.29, 1.82) is 0 Å². The largest absolute Gasteiger partial charge is 0.480 e. The molecule has 5 heteroatoms. The number of thioether (sulfide) groups is 1. The fourth-order valence-corrected chi connectivity index (χ4v) is 2.81. The molecule has 0 bridgehead atoms. The lowest BCUT2D eigenvalue weighted by molar-refractivity contribution is -0.142. The first-order valence-electron chi connectivity index (χ1n) is 5.74. The predicted octanol–water partition coefficient (Wildman–Crippen LogP) is 1.48. The Morgan fingerprint density at radius 3 is 2.75 bits per heavy atom. The van der Waals surface area contributed by atoms with Crippen molar-refractivity contribution in [3.63, 3.8) is 0 Å². The van der Waals surface area contributed by atoms with Gasteiger partial charge in [0.2, 0.25) is 0 Å². The average Bonchev–Trinajstić information content (AvgIpc) is 2.26. The van der Waals surface area contributed by atoms with Gasteiger partial charge in [0.15, 0.2) is 0 Å². The van der Waals surface area contributed by atoms with Crippen LogP contribution in [0, 0.1) is 0 Å². The first-order chi connectivity index (χ1) is 7.52. The Labute approximate surface area is 101 Å². The predicted molar refractivity (Wildman–Crippen MR) is 65.8 cm³/mol. The second-order valence-electron chi connectivity index (χ2n) is 4.51. The maximum absolute atomic E-state index is 10.8. The summed E-state index contributed by atoms with van der Waals surface area (Å²) in [5.41, 5.74) is 4.58. The van der Waals surface area contributed by atoms with Gasteiger partial charge >= 0.3 is 5.97 Å². The maximum Gasteiger partial charge on any atom is 0.323 e. The molecule has 1 unspecified atom stereocenters. The molecule has 0 aromatic heterocycles. The molecule has 0 radical (unpaired) electrons. The molecule has 1 heterocycles. The molecule has 1 aliphatic rings. The minimum Gasteiger partial charge on any atom is -0.480 e. The summed E-state index contributed by atoms with van der Waals surface area (Å²) in [6, 6.07) is 0. The van der Waals surface area contributed by atoms with E-state index in [9.17, 15) is 4.79 Å². The SMILES string of the molecule is CC(N)(CCCSC1CCOCC1)C(=O)O. The summed E-state index contributed by atoms with van der Waals surface area (Å²) in [6.45, 7) is 3.30. The third-order valence-corrected chi connectivity index (χ3v) is 4.32. The lowest BCUT2D eigenvalue weighted by Gasteiger charge is -2.22. The van der Waals surface area contributed by atoms with Gasteiger partial charge in [0.05, 0.1) is 0 Å². The van der Waals surface area contributed by atoms with E-state index in [0.29, 0.717) is 11.7 Å². The quantitative estimate of drug-likeness (QED) is 0.696. The van der Waals surface area contributed by atoms with Crippen molar-refractivity contribution in [2.75, 3.05) is 19.0 Å². The lowest BCUT2D eigenvalue weighted by Crippen LogP contribution is -2.44. The molecule has 0 aromatic rings. The van der Waals surface area contributed by atoms with Gasteiger partial charge in [-0.05, 0) is 38.4 Å². The average molecular weight is 247 g/mol. The molecule has 0 aliphatic carbocycles. The summed E-state index contributed by atoms with van der Waals surface area (Å²) in [5.74, 6) is 0.0774. The molecule has 0 saturated carbocycles. The number of rotatable bonds is 6. The van der Waals surface area contributed by atoms with Crippen LogP contribution in [-0.4, -0.2) is 40.8 Å². The van der Waals surface area contributed by atoms with E-state index >= 15 is 0 Å². The summed E-state index contributed by atoms with van der Waals surface area (Å²) in [6.07, 6.45) is 3.63. The highest BCUT2D eigenvalue weighted by atomic mass is 32.2. The van der Waals surface area contributed by atoms with Gasteiger partial charge in [0.25, 0.3) is 0 Å². The Morgan fingerprint density at radius 1 is 1.56 bits per heavy atom. The molecule has 1 fully saturated rings. The second kappa shape index (κ2) is 6.47. The van der Waals surface area contributed by atoms with Crippen LogP contribution in [0.3, 0.4) is 0 Å². The summed E-state index contributed by atoms with van der Waals surface area (Å²) in [4.78, 5) is 10.8. The van der Waals surface area contributed by atoms with Crippen molar-refractivity contribution in [2.45, 2.75) is 43.4 Å². The summed E-state index contributed by atoms with van der Waals surface area (Å²) in [5, 5.41) is 9.52. The first kappa shape index (κ1) is 13.8. The molecular formula is C11H21NO3S. The standard InChI is InChI=1S/C11H21NO3S/c1-11(12,10(13)14)5-2-8-16-9-3-6-15-7-4-9/h9H,2-8,12H2,1H3,(H,13,14). The summed E-state index contributed by atoms with van der Waals surface area (Å²) in [7, 11) is 0. The molecule has 3 N–H and O–H groups in total. The van der Waals surface area contributed by atoms with Crippen LogP contribution in [-0.2, 0) is 9.53 Å². The third kappa shape index (κ3) is 4.72. The summed E-state index contributed by atoms with van der Waals surface area (Å²) >= 11 is 1.92. The summed E-state index contributed by atoms with van der Waals surface area (Å²) < 4.78 is 5.28. The van der Waals surface area contributed by atoms with Crippen molar-refractivity contribution in [2.24, 2.45) is 5.73 Å². The Balaban J connectivity index is 2.09. The van der Waals surface area contributed by atoms with Gasteiger partial charge in [0, 0.05) is 18.5 Å². The van der Waals surface area contributed by atoms with E-state index in [-0.39, 0.29) is 0 Å². The number of nitrogens with two attached hydrogens (primary N) is 1. The van der Waals surface area contributed by atoms with Gasteiger partial charge in [0.1, 0.15) is 5.54 Å². The van der Waals surface area contributed by atoms with Gasteiger partial charge in [-0.3, -0.25) is 4.79 Å². The fourth-order valence-electron chi connectivity index (χ4n) is 1.64. The van der Waals surface area contributed by atoms with E-state index < -0.39 is 11.5 Å². The number of carboxylic acids is 1. The highest BCUT2D eigenvalue weighted by Crippen LogP contribution is 2.23. The van der Waals surface area contributed by atoms with Crippen molar-refractivity contribution < 1.29 is 14.6 Å². The molecule has 0 amide bonds. The van der Waals surface area contributed by atoms with Crippen LogP contribution in [0.5, 0.6) is 0 Å². The number of aliphatic carboxylic acids is 1. The molecule has 16 heavy (non-hydrogen) atoms.